The molecule has 0 saturated carbocycles. The molecular weight excluding hydrogens is 854 g/mol. The lowest BCUT2D eigenvalue weighted by Gasteiger charge is -2.13. The standard InChI is InChI=1S/C48H48ClN7O7S/c1-29-30(2)64-48-44(29)45(32-9-11-37(49)12-10-32)53-41(46-55-54-31(3)56(46)48)28-43(58)51-38-13-15-39(16-14-38)63-24-23-62-22-21-61-20-19-60-18-17-50-47(59)36-6-4-5-33(25-36)34-7-8-35-27-42(57)52-40(35)26-34/h4-16,25-26,41H,17-24,27-28H2,1-3H3,(H,50,59)(H,51,58)(H,52,57). The zero-order chi connectivity index (χ0) is 44.6. The Balaban J connectivity index is 0.705. The lowest BCUT2D eigenvalue weighted by Crippen LogP contribution is -2.27. The molecular formula is C48H48ClN7O7S. The van der Waals surface area contributed by atoms with E-state index in [4.69, 9.17) is 35.5 Å². The molecule has 0 spiro atoms. The molecule has 0 fully saturated rings. The predicted molar refractivity (Wildman–Crippen MR) is 247 cm³/mol. The zero-order valence-corrected chi connectivity index (χ0v) is 37.3. The third kappa shape index (κ3) is 10.6. The molecule has 0 saturated heterocycles. The Morgan fingerprint density at radius 2 is 1.53 bits per heavy atom. The number of nitrogens with zero attached hydrogens (tertiary/aromatic N) is 4. The first-order valence-electron chi connectivity index (χ1n) is 21.0. The van der Waals surface area contributed by atoms with Crippen LogP contribution in [0.25, 0.3) is 16.1 Å². The number of carbonyl (C=O) groups excluding carboxylic acids is 3. The summed E-state index contributed by atoms with van der Waals surface area (Å²) in [5, 5.41) is 19.3. The lowest BCUT2D eigenvalue weighted by molar-refractivity contribution is -0.117. The summed E-state index contributed by atoms with van der Waals surface area (Å²) in [6.07, 6.45) is 0.453. The van der Waals surface area contributed by atoms with Crippen molar-refractivity contribution in [2.45, 2.75) is 39.7 Å². The predicted octanol–water partition coefficient (Wildman–Crippen LogP) is 7.85. The second-order valence-electron chi connectivity index (χ2n) is 15.3. The van der Waals surface area contributed by atoms with E-state index >= 15 is 0 Å². The maximum atomic E-state index is 13.5. The average molecular weight is 902 g/mol. The smallest absolute Gasteiger partial charge is 0.251 e. The van der Waals surface area contributed by atoms with Gasteiger partial charge in [0.2, 0.25) is 11.8 Å². The highest BCUT2D eigenvalue weighted by atomic mass is 35.5. The summed E-state index contributed by atoms with van der Waals surface area (Å²) < 4.78 is 24.7. The molecule has 64 heavy (non-hydrogen) atoms. The number of aliphatic imine (C=N–C) groups is 1. The molecule has 3 amide bonds. The third-order valence-electron chi connectivity index (χ3n) is 10.8. The number of benzene rings is 4. The van der Waals surface area contributed by atoms with Gasteiger partial charge in [-0.05, 0) is 97.6 Å². The summed E-state index contributed by atoms with van der Waals surface area (Å²) in [7, 11) is 0. The number of thiophene rings is 1. The van der Waals surface area contributed by atoms with Gasteiger partial charge in [0.15, 0.2) is 5.82 Å². The van der Waals surface area contributed by atoms with Crippen LogP contribution in [0.4, 0.5) is 11.4 Å². The molecule has 330 valence electrons. The number of hydrogen-bond donors (Lipinski definition) is 3. The molecule has 2 aliphatic rings. The highest BCUT2D eigenvalue weighted by molar-refractivity contribution is 7.15. The van der Waals surface area contributed by atoms with E-state index in [2.05, 4.69) is 40.0 Å². The first-order chi connectivity index (χ1) is 31.1. The quantitative estimate of drug-likeness (QED) is 0.0687. The normalized spacial score (nSPS) is 13.9. The van der Waals surface area contributed by atoms with Gasteiger partial charge in [0.05, 0.1) is 58.2 Å². The average Bonchev–Trinajstić information content (AvgIpc) is 3.93. The van der Waals surface area contributed by atoms with Crippen LogP contribution in [-0.4, -0.2) is 91.0 Å². The molecule has 1 unspecified atom stereocenters. The van der Waals surface area contributed by atoms with Crippen LogP contribution < -0.4 is 20.7 Å². The Kier molecular flexibility index (Phi) is 14.2. The molecule has 4 aromatic carbocycles. The van der Waals surface area contributed by atoms with E-state index in [1.807, 2.05) is 72.2 Å². The highest BCUT2D eigenvalue weighted by Gasteiger charge is 2.32. The van der Waals surface area contributed by atoms with Crippen molar-refractivity contribution in [3.8, 4) is 21.9 Å². The van der Waals surface area contributed by atoms with Gasteiger partial charge < -0.3 is 34.9 Å². The number of carbonyl (C=O) groups is 3. The van der Waals surface area contributed by atoms with E-state index in [9.17, 15) is 14.4 Å². The fourth-order valence-electron chi connectivity index (χ4n) is 7.49. The van der Waals surface area contributed by atoms with Crippen LogP contribution in [0.3, 0.4) is 0 Å². The van der Waals surface area contributed by atoms with Crippen LogP contribution in [0, 0.1) is 20.8 Å². The van der Waals surface area contributed by atoms with Crippen molar-refractivity contribution in [2.24, 2.45) is 4.99 Å². The number of aromatic nitrogens is 3. The zero-order valence-electron chi connectivity index (χ0n) is 35.7. The summed E-state index contributed by atoms with van der Waals surface area (Å²) >= 11 is 7.91. The molecule has 0 aliphatic carbocycles. The van der Waals surface area contributed by atoms with Gasteiger partial charge >= 0.3 is 0 Å². The molecule has 8 rings (SSSR count). The SMILES string of the molecule is Cc1sc2c(c1C)C(c1ccc(Cl)cc1)=NC(CC(=O)Nc1ccc(OCCOCCOCCOCCNC(=O)c3cccc(-c4ccc5c(c4)NC(=O)C5)c3)cc1)c1nnc(C)n1-2. The molecule has 0 radical (unpaired) electrons. The van der Waals surface area contributed by atoms with Gasteiger partial charge in [-0.15, -0.1) is 21.5 Å². The van der Waals surface area contributed by atoms with Crippen molar-refractivity contribution in [3.05, 3.63) is 140 Å². The number of amides is 3. The molecule has 4 heterocycles. The van der Waals surface area contributed by atoms with Crippen molar-refractivity contribution < 1.29 is 33.3 Å². The van der Waals surface area contributed by atoms with Gasteiger partial charge in [-0.25, -0.2) is 0 Å². The Bertz CT molecular complexity index is 2680. The molecule has 3 N–H and O–H groups in total. The number of anilines is 2. The van der Waals surface area contributed by atoms with Crippen LogP contribution in [-0.2, 0) is 30.2 Å². The Hall–Kier alpha value is -6.23. The summed E-state index contributed by atoms with van der Waals surface area (Å²) in [6.45, 7) is 9.13. The largest absolute Gasteiger partial charge is 0.491 e. The Labute approximate surface area is 380 Å². The van der Waals surface area contributed by atoms with Crippen molar-refractivity contribution in [1.82, 2.24) is 20.1 Å². The van der Waals surface area contributed by atoms with Gasteiger partial charge in [0, 0.05) is 44.5 Å². The molecule has 2 aromatic heterocycles. The number of fused-ring (bicyclic) bond motifs is 4. The Morgan fingerprint density at radius 1 is 0.828 bits per heavy atom. The van der Waals surface area contributed by atoms with E-state index in [1.165, 1.54) is 4.88 Å². The van der Waals surface area contributed by atoms with Crippen LogP contribution in [0.15, 0.2) is 96.0 Å². The minimum absolute atomic E-state index is 0.0110. The topological polar surface area (TPSA) is 167 Å². The Morgan fingerprint density at radius 3 is 2.30 bits per heavy atom. The first kappa shape index (κ1) is 44.4. The van der Waals surface area contributed by atoms with Gasteiger partial charge in [-0.1, -0.05) is 48.0 Å². The number of nitrogens with one attached hydrogen (secondary N) is 3. The van der Waals surface area contributed by atoms with E-state index in [0.717, 1.165) is 55.6 Å². The summed E-state index contributed by atoms with van der Waals surface area (Å²) in [5.74, 6) is 1.59. The van der Waals surface area contributed by atoms with E-state index < -0.39 is 6.04 Å². The number of rotatable bonds is 19. The van der Waals surface area contributed by atoms with Crippen molar-refractivity contribution >= 4 is 57.7 Å². The fraction of sp³-hybridized carbons (Fsp3) is 0.292. The molecule has 1 atom stereocenters. The van der Waals surface area contributed by atoms with Crippen molar-refractivity contribution in [1.29, 1.82) is 0 Å². The van der Waals surface area contributed by atoms with Gasteiger partial charge in [-0.2, -0.15) is 0 Å². The minimum Gasteiger partial charge on any atom is -0.491 e. The molecule has 14 nitrogen and oxygen atoms in total. The van der Waals surface area contributed by atoms with Crippen LogP contribution >= 0.6 is 22.9 Å². The minimum atomic E-state index is -0.578. The third-order valence-corrected chi connectivity index (χ3v) is 12.3. The number of ether oxygens (including phenoxy) is 4. The molecule has 0 bridgehead atoms. The van der Waals surface area contributed by atoms with Gasteiger partial charge in [0.25, 0.3) is 5.91 Å². The van der Waals surface area contributed by atoms with Crippen LogP contribution in [0.2, 0.25) is 5.02 Å². The number of aryl methyl sites for hydroxylation is 2. The first-order valence-corrected chi connectivity index (χ1v) is 22.2. The van der Waals surface area contributed by atoms with Gasteiger partial charge in [-0.3, -0.25) is 23.9 Å². The highest BCUT2D eigenvalue weighted by Crippen LogP contribution is 2.40. The van der Waals surface area contributed by atoms with Crippen molar-refractivity contribution in [3.63, 3.8) is 0 Å². The van der Waals surface area contributed by atoms with Gasteiger partial charge in [0.1, 0.15) is 29.2 Å². The van der Waals surface area contributed by atoms with Crippen LogP contribution in [0.1, 0.15) is 61.6 Å². The number of hydrogen-bond acceptors (Lipinski definition) is 11. The molecule has 16 heteroatoms. The second-order valence-corrected chi connectivity index (χ2v) is 16.9. The summed E-state index contributed by atoms with van der Waals surface area (Å²) in [4.78, 5) is 44.3. The maximum Gasteiger partial charge on any atom is 0.251 e. The molecule has 6 aromatic rings. The van der Waals surface area contributed by atoms with E-state index in [-0.39, 0.29) is 24.1 Å². The lowest BCUT2D eigenvalue weighted by atomic mass is 9.99. The van der Waals surface area contributed by atoms with Crippen LogP contribution in [0.5, 0.6) is 5.75 Å². The number of halogens is 1. The second kappa shape index (κ2) is 20.5. The van der Waals surface area contributed by atoms with E-state index in [0.29, 0.717) is 87.1 Å². The van der Waals surface area contributed by atoms with Crippen molar-refractivity contribution in [2.75, 3.05) is 63.4 Å². The monoisotopic (exact) mass is 901 g/mol. The fourth-order valence-corrected chi connectivity index (χ4v) is 8.83. The summed E-state index contributed by atoms with van der Waals surface area (Å²) in [5.41, 5.74) is 8.63. The summed E-state index contributed by atoms with van der Waals surface area (Å²) in [6, 6.07) is 27.4. The molecule has 2 aliphatic heterocycles. The van der Waals surface area contributed by atoms with E-state index in [1.54, 1.807) is 41.7 Å². The maximum absolute atomic E-state index is 13.5.